The van der Waals surface area contributed by atoms with Crippen LogP contribution in [0.15, 0.2) is 18.3 Å². The summed E-state index contributed by atoms with van der Waals surface area (Å²) < 4.78 is 1.61. The van der Waals surface area contributed by atoms with E-state index in [4.69, 9.17) is 11.5 Å². The molecule has 7 heteroatoms. The number of carbonyl (C=O) groups is 2. The molecule has 0 radical (unpaired) electrons. The zero-order valence-corrected chi connectivity index (χ0v) is 10.8. The molecule has 1 atom stereocenters. The lowest BCUT2D eigenvalue weighted by Gasteiger charge is -2.06. The summed E-state index contributed by atoms with van der Waals surface area (Å²) in [4.78, 5) is 27.4. The van der Waals surface area contributed by atoms with Crippen LogP contribution in [0.5, 0.6) is 0 Å². The summed E-state index contributed by atoms with van der Waals surface area (Å²) in [6, 6.07) is 3.13. The quantitative estimate of drug-likeness (QED) is 0.706. The monoisotopic (exact) mass is 273 g/mol. The summed E-state index contributed by atoms with van der Waals surface area (Å²) in [5, 5.41) is 3.24. The van der Waals surface area contributed by atoms with Crippen LogP contribution in [0.1, 0.15) is 38.9 Å². The molecule has 0 spiro atoms. The van der Waals surface area contributed by atoms with E-state index in [0.29, 0.717) is 22.6 Å². The SMILES string of the molecule is NC(=O)c1ccn2c(C(N)=O)c(C3CCNC3)nc2c1. The number of imidazole rings is 1. The molecule has 1 aliphatic heterocycles. The number of rotatable bonds is 3. The number of nitrogens with one attached hydrogen (secondary N) is 1. The molecule has 1 unspecified atom stereocenters. The average molecular weight is 273 g/mol. The van der Waals surface area contributed by atoms with Gasteiger partial charge in [0, 0.05) is 24.2 Å². The van der Waals surface area contributed by atoms with Crippen molar-refractivity contribution in [2.45, 2.75) is 12.3 Å². The Kier molecular flexibility index (Phi) is 2.90. The van der Waals surface area contributed by atoms with E-state index in [9.17, 15) is 9.59 Å². The molecule has 1 aliphatic rings. The van der Waals surface area contributed by atoms with Gasteiger partial charge < -0.3 is 16.8 Å². The molecular weight excluding hydrogens is 258 g/mol. The molecule has 0 saturated carbocycles. The van der Waals surface area contributed by atoms with Crippen molar-refractivity contribution < 1.29 is 9.59 Å². The summed E-state index contributed by atoms with van der Waals surface area (Å²) in [5.74, 6) is -0.888. The number of hydrogen-bond acceptors (Lipinski definition) is 4. The van der Waals surface area contributed by atoms with Crippen LogP contribution in [0.3, 0.4) is 0 Å². The number of primary amides is 2. The van der Waals surface area contributed by atoms with Gasteiger partial charge >= 0.3 is 0 Å². The van der Waals surface area contributed by atoms with Gasteiger partial charge in [-0.1, -0.05) is 0 Å². The maximum absolute atomic E-state index is 11.7. The lowest BCUT2D eigenvalue weighted by molar-refractivity contribution is 0.0989. The number of carbonyl (C=O) groups excluding carboxylic acids is 2. The Labute approximate surface area is 115 Å². The summed E-state index contributed by atoms with van der Waals surface area (Å²) in [6.45, 7) is 1.66. The van der Waals surface area contributed by atoms with Gasteiger partial charge in [0.25, 0.3) is 5.91 Å². The minimum absolute atomic E-state index is 0.162. The molecule has 2 aromatic heterocycles. The second kappa shape index (κ2) is 4.61. The van der Waals surface area contributed by atoms with Crippen LogP contribution in [-0.2, 0) is 0 Å². The summed E-state index contributed by atoms with van der Waals surface area (Å²) in [6.07, 6.45) is 2.52. The van der Waals surface area contributed by atoms with Gasteiger partial charge in [0.05, 0.1) is 5.69 Å². The van der Waals surface area contributed by atoms with Gasteiger partial charge in [0.1, 0.15) is 11.3 Å². The predicted octanol–water partition coefficient (Wildman–Crippen LogP) is -0.391. The van der Waals surface area contributed by atoms with E-state index < -0.39 is 11.8 Å². The van der Waals surface area contributed by atoms with E-state index in [2.05, 4.69) is 10.3 Å². The predicted molar refractivity (Wildman–Crippen MR) is 72.5 cm³/mol. The molecule has 1 fully saturated rings. The Morgan fingerprint density at radius 2 is 2.15 bits per heavy atom. The highest BCUT2D eigenvalue weighted by atomic mass is 16.1. The summed E-state index contributed by atoms with van der Waals surface area (Å²) in [7, 11) is 0. The Morgan fingerprint density at radius 3 is 2.75 bits per heavy atom. The first-order chi connectivity index (χ1) is 9.58. The Morgan fingerprint density at radius 1 is 1.35 bits per heavy atom. The molecule has 104 valence electrons. The Hall–Kier alpha value is -2.41. The largest absolute Gasteiger partial charge is 0.366 e. The molecule has 5 N–H and O–H groups in total. The third-order valence-electron chi connectivity index (χ3n) is 3.62. The van der Waals surface area contributed by atoms with Gasteiger partial charge in [0.2, 0.25) is 5.91 Å². The Balaban J connectivity index is 2.20. The lowest BCUT2D eigenvalue weighted by Crippen LogP contribution is -2.18. The van der Waals surface area contributed by atoms with E-state index in [0.717, 1.165) is 19.5 Å². The maximum atomic E-state index is 11.7. The van der Waals surface area contributed by atoms with Crippen LogP contribution in [0.2, 0.25) is 0 Å². The number of hydrogen-bond donors (Lipinski definition) is 3. The molecule has 3 rings (SSSR count). The highest BCUT2D eigenvalue weighted by Crippen LogP contribution is 2.26. The fourth-order valence-electron chi connectivity index (χ4n) is 2.63. The minimum Gasteiger partial charge on any atom is -0.366 e. The lowest BCUT2D eigenvalue weighted by atomic mass is 10.0. The third kappa shape index (κ3) is 1.92. The topological polar surface area (TPSA) is 116 Å². The van der Waals surface area contributed by atoms with Gasteiger partial charge in [0.15, 0.2) is 0 Å². The molecule has 0 aromatic carbocycles. The van der Waals surface area contributed by atoms with Crippen molar-refractivity contribution in [3.63, 3.8) is 0 Å². The summed E-state index contributed by atoms with van der Waals surface area (Å²) >= 11 is 0. The molecular formula is C13H15N5O2. The van der Waals surface area contributed by atoms with Gasteiger partial charge in [-0.05, 0) is 25.1 Å². The van der Waals surface area contributed by atoms with Gasteiger partial charge in [-0.25, -0.2) is 4.98 Å². The van der Waals surface area contributed by atoms with Gasteiger partial charge in [-0.2, -0.15) is 0 Å². The van der Waals surface area contributed by atoms with E-state index in [1.807, 2.05) is 0 Å². The molecule has 0 bridgehead atoms. The fourth-order valence-corrected chi connectivity index (χ4v) is 2.63. The number of aromatic nitrogens is 2. The van der Waals surface area contributed by atoms with Crippen molar-refractivity contribution in [2.24, 2.45) is 11.5 Å². The van der Waals surface area contributed by atoms with Crippen molar-refractivity contribution in [3.8, 4) is 0 Å². The van der Waals surface area contributed by atoms with Crippen molar-refractivity contribution in [1.82, 2.24) is 14.7 Å². The number of nitrogens with two attached hydrogens (primary N) is 2. The highest BCUT2D eigenvalue weighted by molar-refractivity contribution is 5.96. The zero-order valence-electron chi connectivity index (χ0n) is 10.8. The third-order valence-corrected chi connectivity index (χ3v) is 3.62. The number of fused-ring (bicyclic) bond motifs is 1. The second-order valence-corrected chi connectivity index (χ2v) is 4.91. The van der Waals surface area contributed by atoms with Crippen molar-refractivity contribution in [2.75, 3.05) is 13.1 Å². The first kappa shape index (κ1) is 12.6. The molecule has 1 saturated heterocycles. The standard InChI is InChI=1S/C13H15N5O2/c14-12(19)7-2-4-18-9(5-7)17-10(11(18)13(15)20)8-1-3-16-6-8/h2,4-5,8,16H,1,3,6H2,(H2,14,19)(H2,15,20). The number of nitrogens with zero attached hydrogens (tertiary/aromatic N) is 2. The van der Waals surface area contributed by atoms with Gasteiger partial charge in [-0.15, -0.1) is 0 Å². The van der Waals surface area contributed by atoms with Crippen molar-refractivity contribution >= 4 is 17.5 Å². The van der Waals surface area contributed by atoms with E-state index >= 15 is 0 Å². The second-order valence-electron chi connectivity index (χ2n) is 4.91. The number of pyridine rings is 1. The number of amides is 2. The van der Waals surface area contributed by atoms with E-state index in [1.54, 1.807) is 22.7 Å². The maximum Gasteiger partial charge on any atom is 0.267 e. The minimum atomic E-state index is -0.528. The van der Waals surface area contributed by atoms with Crippen LogP contribution in [0, 0.1) is 0 Å². The van der Waals surface area contributed by atoms with Crippen LogP contribution in [0.4, 0.5) is 0 Å². The molecule has 7 nitrogen and oxygen atoms in total. The molecule has 2 amide bonds. The van der Waals surface area contributed by atoms with Crippen LogP contribution >= 0.6 is 0 Å². The van der Waals surface area contributed by atoms with E-state index in [1.165, 1.54) is 0 Å². The smallest absolute Gasteiger partial charge is 0.267 e. The van der Waals surface area contributed by atoms with Crippen molar-refractivity contribution in [1.29, 1.82) is 0 Å². The molecule has 0 aliphatic carbocycles. The normalized spacial score (nSPS) is 18.5. The van der Waals surface area contributed by atoms with Crippen LogP contribution in [-0.4, -0.2) is 34.3 Å². The zero-order chi connectivity index (χ0) is 14.3. The molecule has 3 heterocycles. The van der Waals surface area contributed by atoms with Gasteiger partial charge in [-0.3, -0.25) is 14.0 Å². The molecule has 20 heavy (non-hydrogen) atoms. The van der Waals surface area contributed by atoms with Crippen LogP contribution in [0.25, 0.3) is 5.65 Å². The van der Waals surface area contributed by atoms with Crippen molar-refractivity contribution in [3.05, 3.63) is 35.3 Å². The van der Waals surface area contributed by atoms with E-state index in [-0.39, 0.29) is 5.92 Å². The highest BCUT2D eigenvalue weighted by Gasteiger charge is 2.26. The molecule has 2 aromatic rings. The summed E-state index contributed by atoms with van der Waals surface area (Å²) in [5.41, 5.74) is 12.7. The first-order valence-corrected chi connectivity index (χ1v) is 6.40. The Bertz CT molecular complexity index is 700. The van der Waals surface area contributed by atoms with Crippen LogP contribution < -0.4 is 16.8 Å². The first-order valence-electron chi connectivity index (χ1n) is 6.40. The average Bonchev–Trinajstić information content (AvgIpc) is 3.04. The fraction of sp³-hybridized carbons (Fsp3) is 0.308.